The molecule has 7 heteroatoms. The largest absolute Gasteiger partial charge is 0.507 e. The lowest BCUT2D eigenvalue weighted by atomic mass is 9.78. The van der Waals surface area contributed by atoms with Gasteiger partial charge in [-0.05, 0) is 29.3 Å². The third-order valence-electron chi connectivity index (χ3n) is 6.32. The van der Waals surface area contributed by atoms with E-state index in [0.29, 0.717) is 17.5 Å². The van der Waals surface area contributed by atoms with Crippen molar-refractivity contribution in [3.63, 3.8) is 0 Å². The Bertz CT molecular complexity index is 1400. The number of amides is 1. The van der Waals surface area contributed by atoms with Gasteiger partial charge in [0.05, 0.1) is 18.0 Å². The molecule has 0 aliphatic rings. The van der Waals surface area contributed by atoms with Gasteiger partial charge in [0, 0.05) is 21.8 Å². The third-order valence-corrected chi connectivity index (χ3v) is 6.58. The Morgan fingerprint density at radius 3 is 2.33 bits per heavy atom. The lowest BCUT2D eigenvalue weighted by Crippen LogP contribution is -2.30. The molecule has 36 heavy (non-hydrogen) atoms. The molecule has 0 unspecified atom stereocenters. The summed E-state index contributed by atoms with van der Waals surface area (Å²) in [6.45, 7) is 4.07. The van der Waals surface area contributed by atoms with Crippen molar-refractivity contribution in [1.82, 2.24) is 0 Å². The van der Waals surface area contributed by atoms with Gasteiger partial charge in [-0.15, -0.1) is 0 Å². The van der Waals surface area contributed by atoms with Crippen molar-refractivity contribution in [1.29, 1.82) is 0 Å². The minimum Gasteiger partial charge on any atom is -0.507 e. The van der Waals surface area contributed by atoms with Crippen molar-refractivity contribution in [2.45, 2.75) is 26.4 Å². The van der Waals surface area contributed by atoms with Gasteiger partial charge in [0.15, 0.2) is 0 Å². The maximum absolute atomic E-state index is 13.2. The van der Waals surface area contributed by atoms with Crippen LogP contribution in [0.25, 0.3) is 21.5 Å². The van der Waals surface area contributed by atoms with E-state index in [1.54, 1.807) is 12.1 Å². The number of phenolic OH excluding ortho intramolecular Hbond substituents is 1. The molecule has 0 heterocycles. The average Bonchev–Trinajstić information content (AvgIpc) is 2.88. The molecule has 0 spiro atoms. The van der Waals surface area contributed by atoms with Crippen LogP contribution in [0, 0.1) is 5.41 Å². The third kappa shape index (κ3) is 5.57. The maximum atomic E-state index is 13.2. The molecule has 0 saturated carbocycles. The summed E-state index contributed by atoms with van der Waals surface area (Å²) in [7, 11) is 0. The van der Waals surface area contributed by atoms with Gasteiger partial charge in [-0.3, -0.25) is 10.1 Å². The molecule has 0 fully saturated rings. The first kappa shape index (κ1) is 25.4. The van der Waals surface area contributed by atoms with E-state index in [2.05, 4.69) is 17.9 Å². The number of carbonyl (C=O) groups excluding carboxylic acids is 2. The van der Waals surface area contributed by atoms with E-state index in [1.807, 2.05) is 80.6 Å². The SMILES string of the molecule is CC(C)(CCOC(=O)CS)[C@H](OC(=O)Nc1cccc2ccccc12)c1ccc(O)c2ccccc12. The summed E-state index contributed by atoms with van der Waals surface area (Å²) in [6, 6.07) is 24.3. The van der Waals surface area contributed by atoms with Crippen LogP contribution in [-0.4, -0.2) is 29.5 Å². The molecule has 1 atom stereocenters. The van der Waals surface area contributed by atoms with E-state index in [0.717, 1.165) is 21.7 Å². The van der Waals surface area contributed by atoms with Crippen LogP contribution in [-0.2, 0) is 14.3 Å². The second-order valence-corrected chi connectivity index (χ2v) is 9.59. The summed E-state index contributed by atoms with van der Waals surface area (Å²) < 4.78 is 11.4. The quantitative estimate of drug-likeness (QED) is 0.180. The van der Waals surface area contributed by atoms with Crippen LogP contribution in [0.15, 0.2) is 78.9 Å². The van der Waals surface area contributed by atoms with Gasteiger partial charge in [-0.2, -0.15) is 12.6 Å². The Labute approximate surface area is 215 Å². The fourth-order valence-corrected chi connectivity index (χ4v) is 4.46. The van der Waals surface area contributed by atoms with Crippen LogP contribution in [0.3, 0.4) is 0 Å². The summed E-state index contributed by atoms with van der Waals surface area (Å²) in [5, 5.41) is 16.6. The highest BCUT2D eigenvalue weighted by atomic mass is 32.1. The standard InChI is InChI=1S/C29H29NO5S/c1-29(2,16-17-34-26(32)18-36)27(23-14-15-25(31)22-12-6-5-11-21(22)23)35-28(33)30-24-13-7-9-19-8-3-4-10-20(19)24/h3-15,27,31,36H,16-18H2,1-2H3,(H,30,33)/t27-/m1/s1. The fourth-order valence-electron chi connectivity index (χ4n) is 4.36. The number of anilines is 1. The topological polar surface area (TPSA) is 84.9 Å². The van der Waals surface area contributed by atoms with Gasteiger partial charge >= 0.3 is 12.1 Å². The highest BCUT2D eigenvalue weighted by Gasteiger charge is 2.36. The van der Waals surface area contributed by atoms with Gasteiger partial charge < -0.3 is 14.6 Å². The van der Waals surface area contributed by atoms with E-state index in [1.165, 1.54) is 0 Å². The Balaban J connectivity index is 1.67. The van der Waals surface area contributed by atoms with E-state index in [9.17, 15) is 14.7 Å². The normalized spacial score (nSPS) is 12.3. The van der Waals surface area contributed by atoms with Crippen molar-refractivity contribution in [3.05, 3.63) is 84.4 Å². The lowest BCUT2D eigenvalue weighted by Gasteiger charge is -2.35. The van der Waals surface area contributed by atoms with E-state index in [4.69, 9.17) is 9.47 Å². The van der Waals surface area contributed by atoms with Crippen LogP contribution in [0.1, 0.15) is 31.9 Å². The molecule has 4 aromatic carbocycles. The Morgan fingerprint density at radius 2 is 1.58 bits per heavy atom. The van der Waals surface area contributed by atoms with E-state index >= 15 is 0 Å². The molecule has 0 saturated heterocycles. The van der Waals surface area contributed by atoms with Crippen molar-refractivity contribution < 1.29 is 24.2 Å². The Kier molecular flexibility index (Phi) is 7.70. The number of thiol groups is 1. The van der Waals surface area contributed by atoms with Crippen LogP contribution >= 0.6 is 12.6 Å². The van der Waals surface area contributed by atoms with Gasteiger partial charge in [0.25, 0.3) is 0 Å². The smallest absolute Gasteiger partial charge is 0.412 e. The summed E-state index contributed by atoms with van der Waals surface area (Å²) in [4.78, 5) is 24.9. The molecule has 0 aliphatic carbocycles. The lowest BCUT2D eigenvalue weighted by molar-refractivity contribution is -0.141. The minimum atomic E-state index is -0.701. The average molecular weight is 504 g/mol. The molecule has 4 aromatic rings. The first-order valence-electron chi connectivity index (χ1n) is 11.7. The molecular weight excluding hydrogens is 474 g/mol. The highest BCUT2D eigenvalue weighted by Crippen LogP contribution is 2.43. The highest BCUT2D eigenvalue weighted by molar-refractivity contribution is 7.81. The Morgan fingerprint density at radius 1 is 0.917 bits per heavy atom. The predicted octanol–water partition coefficient (Wildman–Crippen LogP) is 6.88. The molecule has 1 amide bonds. The monoisotopic (exact) mass is 503 g/mol. The van der Waals surface area contributed by atoms with Crippen LogP contribution in [0.5, 0.6) is 5.75 Å². The zero-order valence-electron chi connectivity index (χ0n) is 20.2. The number of rotatable bonds is 8. The van der Waals surface area contributed by atoms with Crippen LogP contribution < -0.4 is 5.32 Å². The molecule has 186 valence electrons. The number of hydrogen-bond acceptors (Lipinski definition) is 6. The zero-order valence-corrected chi connectivity index (χ0v) is 21.1. The van der Waals surface area contributed by atoms with Crippen molar-refractivity contribution >= 4 is 51.9 Å². The molecule has 0 aliphatic heterocycles. The summed E-state index contributed by atoms with van der Waals surface area (Å²) >= 11 is 3.95. The molecule has 0 bridgehead atoms. The predicted molar refractivity (Wildman–Crippen MR) is 146 cm³/mol. The number of aromatic hydroxyl groups is 1. The number of phenols is 1. The van der Waals surface area contributed by atoms with Gasteiger partial charge in [-0.1, -0.05) is 80.6 Å². The van der Waals surface area contributed by atoms with Gasteiger partial charge in [0.2, 0.25) is 0 Å². The number of carbonyl (C=O) groups is 2. The zero-order chi connectivity index (χ0) is 25.7. The summed E-state index contributed by atoms with van der Waals surface area (Å²) in [5.41, 5.74) is 0.780. The van der Waals surface area contributed by atoms with Gasteiger partial charge in [0.1, 0.15) is 11.9 Å². The molecule has 0 radical (unpaired) electrons. The first-order valence-corrected chi connectivity index (χ1v) is 12.4. The number of nitrogens with one attached hydrogen (secondary N) is 1. The second kappa shape index (κ2) is 10.9. The molecular formula is C29H29NO5S. The molecule has 2 N–H and O–H groups in total. The summed E-state index contributed by atoms with van der Waals surface area (Å²) in [6.07, 6.45) is -0.866. The van der Waals surface area contributed by atoms with Crippen LogP contribution in [0.2, 0.25) is 0 Å². The van der Waals surface area contributed by atoms with Crippen molar-refractivity contribution in [2.24, 2.45) is 5.41 Å². The van der Waals surface area contributed by atoms with Crippen LogP contribution in [0.4, 0.5) is 10.5 Å². The maximum Gasteiger partial charge on any atom is 0.412 e. The van der Waals surface area contributed by atoms with Crippen molar-refractivity contribution in [2.75, 3.05) is 17.7 Å². The summed E-state index contributed by atoms with van der Waals surface area (Å²) in [5.74, 6) is -0.264. The number of ether oxygens (including phenoxy) is 2. The Hall–Kier alpha value is -3.71. The van der Waals surface area contributed by atoms with E-state index in [-0.39, 0.29) is 18.1 Å². The molecule has 0 aromatic heterocycles. The van der Waals surface area contributed by atoms with E-state index < -0.39 is 23.6 Å². The number of fused-ring (bicyclic) bond motifs is 2. The number of benzene rings is 4. The van der Waals surface area contributed by atoms with Crippen molar-refractivity contribution in [3.8, 4) is 5.75 Å². The number of hydrogen-bond donors (Lipinski definition) is 3. The fraction of sp³-hybridized carbons (Fsp3) is 0.241. The minimum absolute atomic E-state index is 0.00358. The second-order valence-electron chi connectivity index (χ2n) is 9.27. The molecule has 6 nitrogen and oxygen atoms in total. The number of esters is 1. The first-order chi connectivity index (χ1) is 17.3. The molecule has 4 rings (SSSR count). The van der Waals surface area contributed by atoms with Gasteiger partial charge in [-0.25, -0.2) is 4.79 Å².